The van der Waals surface area contributed by atoms with E-state index in [1.165, 1.54) is 5.56 Å². The molecule has 3 nitrogen and oxygen atoms in total. The van der Waals surface area contributed by atoms with Gasteiger partial charge in [0.05, 0.1) is 5.92 Å². The number of likely N-dealkylation sites (tertiary alicyclic amines) is 1. The molecule has 0 spiro atoms. The summed E-state index contributed by atoms with van der Waals surface area (Å²) in [7, 11) is 1.91. The Balaban J connectivity index is 1.99. The number of benzene rings is 1. The molecule has 1 amide bonds. The van der Waals surface area contributed by atoms with Gasteiger partial charge in [0.25, 0.3) is 0 Å². The lowest BCUT2D eigenvalue weighted by Crippen LogP contribution is -2.36. The third-order valence-electron chi connectivity index (χ3n) is 3.61. The van der Waals surface area contributed by atoms with Gasteiger partial charge in [-0.2, -0.15) is 0 Å². The molecule has 1 aromatic rings. The van der Waals surface area contributed by atoms with Crippen LogP contribution in [0.4, 0.5) is 0 Å². The van der Waals surface area contributed by atoms with Gasteiger partial charge < -0.3 is 10.2 Å². The average Bonchev–Trinajstić information content (AvgIpc) is 2.72. The van der Waals surface area contributed by atoms with Gasteiger partial charge in [0.2, 0.25) is 5.91 Å². The maximum absolute atomic E-state index is 12.2. The SMILES string of the molecule is CNC(C)[C@@H]1CCN(Cc2ccccc2)C1=O. The second-order valence-corrected chi connectivity index (χ2v) is 4.72. The number of carbonyl (C=O) groups is 1. The third kappa shape index (κ3) is 2.67. The third-order valence-corrected chi connectivity index (χ3v) is 3.61. The lowest BCUT2D eigenvalue weighted by Gasteiger charge is -2.19. The molecule has 0 saturated carbocycles. The van der Waals surface area contributed by atoms with Crippen molar-refractivity contribution in [2.24, 2.45) is 5.92 Å². The fourth-order valence-electron chi connectivity index (χ4n) is 2.39. The molecule has 1 aliphatic rings. The molecular weight excluding hydrogens is 212 g/mol. The highest BCUT2D eigenvalue weighted by Gasteiger charge is 2.34. The lowest BCUT2D eigenvalue weighted by molar-refractivity contribution is -0.132. The minimum absolute atomic E-state index is 0.142. The molecule has 1 heterocycles. The van der Waals surface area contributed by atoms with Crippen LogP contribution in [0.3, 0.4) is 0 Å². The maximum Gasteiger partial charge on any atom is 0.227 e. The molecule has 1 unspecified atom stereocenters. The first-order chi connectivity index (χ1) is 8.22. The van der Waals surface area contributed by atoms with Gasteiger partial charge in [0.15, 0.2) is 0 Å². The highest BCUT2D eigenvalue weighted by molar-refractivity contribution is 5.81. The van der Waals surface area contributed by atoms with Crippen LogP contribution in [-0.4, -0.2) is 30.4 Å². The van der Waals surface area contributed by atoms with Crippen molar-refractivity contribution in [2.45, 2.75) is 25.9 Å². The van der Waals surface area contributed by atoms with E-state index in [9.17, 15) is 4.79 Å². The summed E-state index contributed by atoms with van der Waals surface area (Å²) >= 11 is 0. The molecule has 1 saturated heterocycles. The molecule has 1 aromatic carbocycles. The normalized spacial score (nSPS) is 21.9. The molecule has 92 valence electrons. The van der Waals surface area contributed by atoms with E-state index in [-0.39, 0.29) is 17.9 Å². The molecule has 2 rings (SSSR count). The minimum Gasteiger partial charge on any atom is -0.338 e. The van der Waals surface area contributed by atoms with E-state index in [1.54, 1.807) is 0 Å². The van der Waals surface area contributed by atoms with Crippen LogP contribution in [0, 0.1) is 5.92 Å². The van der Waals surface area contributed by atoms with E-state index < -0.39 is 0 Å². The molecule has 1 N–H and O–H groups in total. The van der Waals surface area contributed by atoms with Crippen LogP contribution in [0.25, 0.3) is 0 Å². The number of amides is 1. The second-order valence-electron chi connectivity index (χ2n) is 4.72. The summed E-state index contributed by atoms with van der Waals surface area (Å²) in [6.45, 7) is 3.70. The van der Waals surface area contributed by atoms with Crippen molar-refractivity contribution in [1.29, 1.82) is 0 Å². The molecule has 3 heteroatoms. The van der Waals surface area contributed by atoms with Gasteiger partial charge in [0, 0.05) is 19.1 Å². The Hall–Kier alpha value is -1.35. The second kappa shape index (κ2) is 5.32. The summed E-state index contributed by atoms with van der Waals surface area (Å²) in [4.78, 5) is 14.2. The first-order valence-electron chi connectivity index (χ1n) is 6.22. The number of hydrogen-bond acceptors (Lipinski definition) is 2. The van der Waals surface area contributed by atoms with E-state index >= 15 is 0 Å². The smallest absolute Gasteiger partial charge is 0.227 e. The van der Waals surface area contributed by atoms with Crippen LogP contribution in [0.5, 0.6) is 0 Å². The largest absolute Gasteiger partial charge is 0.338 e. The zero-order chi connectivity index (χ0) is 12.3. The minimum atomic E-state index is 0.142. The van der Waals surface area contributed by atoms with Crippen molar-refractivity contribution in [3.8, 4) is 0 Å². The van der Waals surface area contributed by atoms with E-state index in [0.29, 0.717) is 0 Å². The fraction of sp³-hybridized carbons (Fsp3) is 0.500. The van der Waals surface area contributed by atoms with E-state index in [4.69, 9.17) is 0 Å². The van der Waals surface area contributed by atoms with Gasteiger partial charge in [0.1, 0.15) is 0 Å². The topological polar surface area (TPSA) is 32.3 Å². The van der Waals surface area contributed by atoms with Gasteiger partial charge in [-0.25, -0.2) is 0 Å². The Morgan fingerprint density at radius 2 is 2.12 bits per heavy atom. The lowest BCUT2D eigenvalue weighted by atomic mass is 10.0. The van der Waals surface area contributed by atoms with Gasteiger partial charge in [-0.3, -0.25) is 4.79 Å². The van der Waals surface area contributed by atoms with Crippen molar-refractivity contribution in [3.05, 3.63) is 35.9 Å². The van der Waals surface area contributed by atoms with E-state index in [2.05, 4.69) is 24.4 Å². The van der Waals surface area contributed by atoms with Gasteiger partial charge in [-0.1, -0.05) is 30.3 Å². The van der Waals surface area contributed by atoms with Crippen LogP contribution in [0.2, 0.25) is 0 Å². The fourth-order valence-corrected chi connectivity index (χ4v) is 2.39. The highest BCUT2D eigenvalue weighted by Crippen LogP contribution is 2.22. The van der Waals surface area contributed by atoms with E-state index in [1.807, 2.05) is 30.1 Å². The Kier molecular flexibility index (Phi) is 3.79. The molecule has 0 aromatic heterocycles. The summed E-state index contributed by atoms with van der Waals surface area (Å²) in [5, 5.41) is 3.17. The van der Waals surface area contributed by atoms with Crippen molar-refractivity contribution in [1.82, 2.24) is 10.2 Å². The van der Waals surface area contributed by atoms with Crippen LogP contribution >= 0.6 is 0 Å². The van der Waals surface area contributed by atoms with Gasteiger partial charge in [-0.05, 0) is 26.0 Å². The first kappa shape index (κ1) is 12.1. The van der Waals surface area contributed by atoms with Crippen LogP contribution in [0.1, 0.15) is 18.9 Å². The Bertz CT molecular complexity index is 377. The summed E-state index contributed by atoms with van der Waals surface area (Å²) in [6.07, 6.45) is 0.966. The number of rotatable bonds is 4. The molecule has 0 aliphatic carbocycles. The molecule has 0 bridgehead atoms. The highest BCUT2D eigenvalue weighted by atomic mass is 16.2. The summed E-state index contributed by atoms with van der Waals surface area (Å²) in [6, 6.07) is 10.4. The number of carbonyl (C=O) groups excluding carboxylic acids is 1. The Morgan fingerprint density at radius 3 is 2.76 bits per heavy atom. The number of hydrogen-bond donors (Lipinski definition) is 1. The Labute approximate surface area is 103 Å². The van der Waals surface area contributed by atoms with Crippen LogP contribution in [-0.2, 0) is 11.3 Å². The molecule has 1 aliphatic heterocycles. The number of nitrogens with one attached hydrogen (secondary N) is 1. The summed E-state index contributed by atoms with van der Waals surface area (Å²) in [5.74, 6) is 0.430. The van der Waals surface area contributed by atoms with Crippen molar-refractivity contribution in [2.75, 3.05) is 13.6 Å². The van der Waals surface area contributed by atoms with Gasteiger partial charge >= 0.3 is 0 Å². The predicted octanol–water partition coefficient (Wildman–Crippen LogP) is 1.64. The van der Waals surface area contributed by atoms with Crippen molar-refractivity contribution in [3.63, 3.8) is 0 Å². The average molecular weight is 232 g/mol. The van der Waals surface area contributed by atoms with Crippen molar-refractivity contribution < 1.29 is 4.79 Å². The van der Waals surface area contributed by atoms with Gasteiger partial charge in [-0.15, -0.1) is 0 Å². The monoisotopic (exact) mass is 232 g/mol. The summed E-state index contributed by atoms with van der Waals surface area (Å²) in [5.41, 5.74) is 1.21. The zero-order valence-corrected chi connectivity index (χ0v) is 10.5. The standard InChI is InChI=1S/C14H20N2O/c1-11(15-2)13-8-9-16(14(13)17)10-12-6-4-3-5-7-12/h3-7,11,13,15H,8-10H2,1-2H3/t11?,13-/m0/s1. The molecule has 0 radical (unpaired) electrons. The summed E-state index contributed by atoms with van der Waals surface area (Å²) < 4.78 is 0. The number of nitrogens with zero attached hydrogens (tertiary/aromatic N) is 1. The van der Waals surface area contributed by atoms with E-state index in [0.717, 1.165) is 19.5 Å². The molecule has 1 fully saturated rings. The molecular formula is C14H20N2O. The maximum atomic E-state index is 12.2. The Morgan fingerprint density at radius 1 is 1.41 bits per heavy atom. The van der Waals surface area contributed by atoms with Crippen LogP contribution in [0.15, 0.2) is 30.3 Å². The quantitative estimate of drug-likeness (QED) is 0.856. The van der Waals surface area contributed by atoms with Crippen LogP contribution < -0.4 is 5.32 Å². The molecule has 17 heavy (non-hydrogen) atoms. The molecule has 2 atom stereocenters. The zero-order valence-electron chi connectivity index (χ0n) is 10.5. The first-order valence-corrected chi connectivity index (χ1v) is 6.22. The predicted molar refractivity (Wildman–Crippen MR) is 68.5 cm³/mol. The van der Waals surface area contributed by atoms with Crippen molar-refractivity contribution >= 4 is 5.91 Å².